The number of carbonyl (C=O) groups is 7. The summed E-state index contributed by atoms with van der Waals surface area (Å²) in [5.41, 5.74) is 22.4. The van der Waals surface area contributed by atoms with E-state index in [2.05, 4.69) is 101 Å². The number of benzene rings is 10. The van der Waals surface area contributed by atoms with Crippen molar-refractivity contribution in [2.45, 2.75) is 122 Å². The van der Waals surface area contributed by atoms with Gasteiger partial charge in [-0.1, -0.05) is 135 Å². The first-order valence-corrected chi connectivity index (χ1v) is 41.4. The van der Waals surface area contributed by atoms with E-state index >= 15 is 0 Å². The number of esters is 4. The number of ketones is 1. The number of hydroxylamine groups is 2. The SMILES string of the molecule is CC(c1ccc(C(=O)NO)cc1)N1CCCc2cc(Cl)ccc21.CC(c1ccc(C(=O)NO)cc1)N1CCCc2cc(Cl)ccc21.COC(=O)c1ccc(C(C)=O)cc1.COC(=O)c1ccc(C(C)Br)cc1.COC(=O)c1ccc(C(C)N2CCCc3cc(Cl)ccc32)cc1.COC(=O)c1ccc(C(C)O)cc1.Clc1ccc2c(c1)CCCN2. The highest BCUT2D eigenvalue weighted by atomic mass is 79.9. The van der Waals surface area contributed by atoms with Crippen LogP contribution < -0.4 is 31.0 Å². The number of methoxy groups -OCH3 is 4. The number of alkyl halides is 1. The number of amides is 2. The van der Waals surface area contributed by atoms with Crippen molar-refractivity contribution in [2.75, 3.05) is 74.6 Å². The summed E-state index contributed by atoms with van der Waals surface area (Å²) in [7, 11) is 5.43. The summed E-state index contributed by atoms with van der Waals surface area (Å²) < 4.78 is 18.4. The zero-order valence-electron chi connectivity index (χ0n) is 68.2. The summed E-state index contributed by atoms with van der Waals surface area (Å²) in [6, 6.07) is 67.5. The molecule has 20 nitrogen and oxygen atoms in total. The van der Waals surface area contributed by atoms with Crippen LogP contribution in [-0.4, -0.2) is 112 Å². The number of aliphatic hydroxyl groups is 1. The average Bonchev–Trinajstić information content (AvgIpc) is 0.803. The number of halogens is 5. The summed E-state index contributed by atoms with van der Waals surface area (Å²) in [5.74, 6) is -2.37. The number of hydrogen-bond acceptors (Lipinski definition) is 18. The number of carbonyl (C=O) groups excluding carboxylic acids is 7. The van der Waals surface area contributed by atoms with E-state index in [4.69, 9.17) is 61.6 Å². The van der Waals surface area contributed by atoms with Crippen LogP contribution in [0.3, 0.4) is 0 Å². The number of aryl methyl sites for hydroxylation is 4. The Morgan fingerprint density at radius 1 is 0.370 bits per heavy atom. The predicted octanol–water partition coefficient (Wildman–Crippen LogP) is 21.4. The molecule has 4 aliphatic heterocycles. The van der Waals surface area contributed by atoms with E-state index in [0.29, 0.717) is 43.8 Å². The third-order valence-corrected chi connectivity index (χ3v) is 22.1. The number of Topliss-reactive ketones (excluding diaryl/α,β-unsaturated/α-hetero) is 1. The molecule has 14 rings (SSSR count). The summed E-state index contributed by atoms with van der Waals surface area (Å²) >= 11 is 27.6. The van der Waals surface area contributed by atoms with Crippen LogP contribution in [0.1, 0.15) is 219 Å². The third kappa shape index (κ3) is 27.0. The van der Waals surface area contributed by atoms with Crippen molar-refractivity contribution in [3.05, 3.63) is 327 Å². The standard InChI is InChI=1S/C19H20ClNO2.2C18H19ClN2O2.C10H11BrO2.C10H12O3.C10H10O3.C9H10ClN/c1-13(14-5-7-15(8-6-14)19(22)23-2)21-11-3-4-16-12-17(20)9-10-18(16)21;2*1-12(13-4-6-14(7-5-13)18(22)20-23)21-10-2-3-15-11-16(19)8-9-17(15)21;3*1-7(11)8-3-5-9(6-4-8)10(12)13-2;10-8-3-4-9-7(6-8)2-1-5-11-9/h5-10,12-13H,3-4,11H2,1-2H3;2*4-9,11-12,23H,2-3,10H2,1H3,(H,20,22);3-7H,1-2H3;3-7,11H,1-2H3;3-6H,1-2H3;3-4,6,11H,1-2,5H2. The largest absolute Gasteiger partial charge is 0.465 e. The van der Waals surface area contributed by atoms with Gasteiger partial charge in [-0.25, -0.2) is 30.1 Å². The molecule has 25 heteroatoms. The van der Waals surface area contributed by atoms with Gasteiger partial charge >= 0.3 is 23.9 Å². The molecule has 0 aromatic heterocycles. The lowest BCUT2D eigenvalue weighted by Crippen LogP contribution is -2.32. The first-order chi connectivity index (χ1) is 57.1. The van der Waals surface area contributed by atoms with Gasteiger partial charge in [0.2, 0.25) is 0 Å². The number of ether oxygens (including phenoxy) is 4. The highest BCUT2D eigenvalue weighted by Gasteiger charge is 2.27. The molecule has 2 amide bonds. The van der Waals surface area contributed by atoms with E-state index in [-0.39, 0.29) is 41.8 Å². The van der Waals surface area contributed by atoms with Gasteiger partial charge in [-0.3, -0.25) is 24.8 Å². The molecule has 4 aliphatic rings. The lowest BCUT2D eigenvalue weighted by atomic mass is 9.97. The van der Waals surface area contributed by atoms with E-state index in [0.717, 1.165) is 113 Å². The maximum absolute atomic E-state index is 11.5. The van der Waals surface area contributed by atoms with E-state index < -0.39 is 23.9 Å². The zero-order chi connectivity index (χ0) is 86.4. The minimum absolute atomic E-state index is 0.0172. The number of hydrogen-bond donors (Lipinski definition) is 6. The minimum atomic E-state index is -0.508. The van der Waals surface area contributed by atoms with Crippen molar-refractivity contribution in [1.29, 1.82) is 0 Å². The molecule has 10 aromatic carbocycles. The molecule has 119 heavy (non-hydrogen) atoms. The Bertz CT molecular complexity index is 4680. The zero-order valence-corrected chi connectivity index (χ0v) is 72.8. The second kappa shape index (κ2) is 46.7. The number of anilines is 4. The van der Waals surface area contributed by atoms with Crippen molar-refractivity contribution in [2.24, 2.45) is 0 Å². The molecule has 0 fully saturated rings. The van der Waals surface area contributed by atoms with E-state index in [9.17, 15) is 38.7 Å². The number of aliphatic hydroxyl groups excluding tert-OH is 1. The Hall–Kier alpha value is -10.6. The molecule has 0 saturated carbocycles. The molecule has 4 heterocycles. The molecule has 626 valence electrons. The van der Waals surface area contributed by atoms with Gasteiger partial charge < -0.3 is 44.1 Å². The molecule has 0 aliphatic carbocycles. The summed E-state index contributed by atoms with van der Waals surface area (Å²) in [5, 5.41) is 33.1. The van der Waals surface area contributed by atoms with Crippen LogP contribution in [0.2, 0.25) is 20.1 Å². The van der Waals surface area contributed by atoms with E-state index in [1.165, 1.54) is 92.4 Å². The molecule has 0 spiro atoms. The molecule has 6 N–H and O–H groups in total. The number of nitrogens with zero attached hydrogens (tertiary/aromatic N) is 3. The van der Waals surface area contributed by atoms with Gasteiger partial charge in [-0.05, 0) is 289 Å². The van der Waals surface area contributed by atoms with Crippen molar-refractivity contribution in [1.82, 2.24) is 11.0 Å². The van der Waals surface area contributed by atoms with Crippen LogP contribution in [0.4, 0.5) is 22.7 Å². The van der Waals surface area contributed by atoms with Crippen molar-refractivity contribution in [3.8, 4) is 0 Å². The van der Waals surface area contributed by atoms with Gasteiger partial charge in [0.1, 0.15) is 0 Å². The van der Waals surface area contributed by atoms with Gasteiger partial charge in [0.15, 0.2) is 5.78 Å². The molecular formula is C94H101BrCl4N6O14. The molecule has 0 saturated heterocycles. The lowest BCUT2D eigenvalue weighted by molar-refractivity contribution is 0.0591. The molecular weight excluding hydrogens is 1660 g/mol. The van der Waals surface area contributed by atoms with E-state index in [1.54, 1.807) is 103 Å². The first kappa shape index (κ1) is 93.9. The smallest absolute Gasteiger partial charge is 0.337 e. The predicted molar refractivity (Wildman–Crippen MR) is 475 cm³/mol. The Labute approximate surface area is 724 Å². The van der Waals surface area contributed by atoms with Gasteiger partial charge in [-0.2, -0.15) is 0 Å². The van der Waals surface area contributed by atoms with Gasteiger partial charge in [0.05, 0.1) is 74.9 Å². The van der Waals surface area contributed by atoms with Crippen molar-refractivity contribution in [3.63, 3.8) is 0 Å². The monoisotopic (exact) mass is 1760 g/mol. The van der Waals surface area contributed by atoms with Gasteiger partial charge in [-0.15, -0.1) is 0 Å². The summed E-state index contributed by atoms with van der Waals surface area (Å²) in [6.45, 7) is 15.8. The molecule has 5 unspecified atom stereocenters. The van der Waals surface area contributed by atoms with Crippen LogP contribution in [0, 0.1) is 0 Å². The highest BCUT2D eigenvalue weighted by Crippen LogP contribution is 2.39. The van der Waals surface area contributed by atoms with Gasteiger partial charge in [0, 0.05) is 90.5 Å². The fourth-order valence-corrected chi connectivity index (χ4v) is 15.0. The van der Waals surface area contributed by atoms with Crippen molar-refractivity contribution >= 4 is 127 Å². The molecule has 0 radical (unpaired) electrons. The third-order valence-electron chi connectivity index (χ3n) is 20.6. The van der Waals surface area contributed by atoms with Crippen LogP contribution in [0.15, 0.2) is 218 Å². The number of nitrogens with one attached hydrogen (secondary N) is 3. The Morgan fingerprint density at radius 3 is 0.933 bits per heavy atom. The second-order valence-electron chi connectivity index (χ2n) is 28.5. The maximum atomic E-state index is 11.5. The summed E-state index contributed by atoms with van der Waals surface area (Å²) in [4.78, 5) is 85.8. The van der Waals surface area contributed by atoms with E-state index in [1.807, 2.05) is 110 Å². The Morgan fingerprint density at radius 2 is 0.639 bits per heavy atom. The molecule has 5 atom stereocenters. The Balaban J connectivity index is 0.000000176. The van der Waals surface area contributed by atoms with Crippen molar-refractivity contribution < 1.29 is 68.0 Å². The molecule has 0 bridgehead atoms. The number of rotatable bonds is 15. The van der Waals surface area contributed by atoms with Crippen LogP contribution in [0.25, 0.3) is 0 Å². The minimum Gasteiger partial charge on any atom is -0.465 e. The molecule has 10 aromatic rings. The Kier molecular flexibility index (Phi) is 36.8. The lowest BCUT2D eigenvalue weighted by Gasteiger charge is -2.36. The van der Waals surface area contributed by atoms with Crippen LogP contribution in [0.5, 0.6) is 0 Å². The van der Waals surface area contributed by atoms with Crippen LogP contribution >= 0.6 is 62.3 Å². The van der Waals surface area contributed by atoms with Gasteiger partial charge in [0.25, 0.3) is 11.8 Å². The fraction of sp³-hybridized carbons (Fsp3) is 0.287. The first-order valence-electron chi connectivity index (χ1n) is 38.9. The normalized spacial score (nSPS) is 13.8. The fourth-order valence-electron chi connectivity index (χ4n) is 13.9. The summed E-state index contributed by atoms with van der Waals surface area (Å²) in [6.07, 6.45) is 8.36. The topological polar surface area (TPSA) is 263 Å². The second-order valence-corrected chi connectivity index (χ2v) is 31.6. The van der Waals surface area contributed by atoms with Crippen LogP contribution in [-0.2, 0) is 44.6 Å². The quantitative estimate of drug-likeness (QED) is 0.0139. The average molecular weight is 1760 g/mol. The maximum Gasteiger partial charge on any atom is 0.337 e. The highest BCUT2D eigenvalue weighted by molar-refractivity contribution is 9.09. The number of fused-ring (bicyclic) bond motifs is 4.